The Morgan fingerprint density at radius 3 is 3.07 bits per heavy atom. The van der Waals surface area contributed by atoms with E-state index in [1.165, 1.54) is 4.88 Å². The summed E-state index contributed by atoms with van der Waals surface area (Å²) in [5.74, 6) is 0.272. The SMILES string of the molecule is NC(CCNCCc1cccs1)=NO. The summed E-state index contributed by atoms with van der Waals surface area (Å²) in [5, 5.41) is 16.5. The van der Waals surface area contributed by atoms with Crippen molar-refractivity contribution < 1.29 is 5.21 Å². The molecule has 14 heavy (non-hydrogen) atoms. The van der Waals surface area contributed by atoms with Gasteiger partial charge in [-0.3, -0.25) is 0 Å². The highest BCUT2D eigenvalue weighted by molar-refractivity contribution is 7.09. The molecule has 5 heteroatoms. The Balaban J connectivity index is 2.00. The minimum Gasteiger partial charge on any atom is -0.409 e. The van der Waals surface area contributed by atoms with E-state index >= 15 is 0 Å². The molecular weight excluding hydrogens is 198 g/mol. The van der Waals surface area contributed by atoms with E-state index in [1.54, 1.807) is 11.3 Å². The number of nitrogens with one attached hydrogen (secondary N) is 1. The van der Waals surface area contributed by atoms with Gasteiger partial charge in [0.15, 0.2) is 0 Å². The van der Waals surface area contributed by atoms with Crippen molar-refractivity contribution in [2.45, 2.75) is 12.8 Å². The summed E-state index contributed by atoms with van der Waals surface area (Å²) in [6, 6.07) is 4.17. The van der Waals surface area contributed by atoms with Crippen LogP contribution in [-0.2, 0) is 6.42 Å². The topological polar surface area (TPSA) is 70.6 Å². The summed E-state index contributed by atoms with van der Waals surface area (Å²) in [6.07, 6.45) is 1.62. The molecule has 0 saturated carbocycles. The lowest BCUT2D eigenvalue weighted by Crippen LogP contribution is -2.23. The molecule has 0 unspecified atom stereocenters. The van der Waals surface area contributed by atoms with Crippen LogP contribution >= 0.6 is 11.3 Å². The fourth-order valence-electron chi connectivity index (χ4n) is 1.06. The Morgan fingerprint density at radius 1 is 1.57 bits per heavy atom. The van der Waals surface area contributed by atoms with E-state index in [4.69, 9.17) is 10.9 Å². The molecule has 4 N–H and O–H groups in total. The van der Waals surface area contributed by atoms with Crippen LogP contribution in [0.25, 0.3) is 0 Å². The van der Waals surface area contributed by atoms with E-state index in [9.17, 15) is 0 Å². The lowest BCUT2D eigenvalue weighted by Gasteiger charge is -2.02. The molecule has 1 aromatic rings. The number of rotatable bonds is 6. The molecule has 1 heterocycles. The van der Waals surface area contributed by atoms with Crippen molar-refractivity contribution >= 4 is 17.2 Å². The average molecular weight is 213 g/mol. The van der Waals surface area contributed by atoms with Crippen molar-refractivity contribution in [2.75, 3.05) is 13.1 Å². The van der Waals surface area contributed by atoms with Gasteiger partial charge in [0.2, 0.25) is 0 Å². The molecule has 0 saturated heterocycles. The van der Waals surface area contributed by atoms with Gasteiger partial charge in [-0.15, -0.1) is 11.3 Å². The highest BCUT2D eigenvalue weighted by Gasteiger charge is 1.94. The number of oxime groups is 1. The Hall–Kier alpha value is -1.07. The molecule has 0 atom stereocenters. The Morgan fingerprint density at radius 2 is 2.43 bits per heavy atom. The molecule has 0 aliphatic rings. The molecule has 0 aliphatic carbocycles. The molecule has 0 amide bonds. The van der Waals surface area contributed by atoms with Crippen LogP contribution in [0.5, 0.6) is 0 Å². The maximum absolute atomic E-state index is 8.28. The lowest BCUT2D eigenvalue weighted by atomic mass is 10.3. The Kier molecular flexibility index (Phi) is 5.03. The van der Waals surface area contributed by atoms with Gasteiger partial charge in [-0.1, -0.05) is 11.2 Å². The molecule has 0 bridgehead atoms. The van der Waals surface area contributed by atoms with E-state index in [-0.39, 0.29) is 5.84 Å². The van der Waals surface area contributed by atoms with Crippen LogP contribution in [0.4, 0.5) is 0 Å². The first kappa shape index (κ1) is 11.0. The number of hydrogen-bond donors (Lipinski definition) is 3. The minimum atomic E-state index is 0.272. The highest BCUT2D eigenvalue weighted by Crippen LogP contribution is 2.07. The first-order valence-corrected chi connectivity index (χ1v) is 5.40. The second kappa shape index (κ2) is 6.39. The van der Waals surface area contributed by atoms with Gasteiger partial charge in [0, 0.05) is 17.8 Å². The minimum absolute atomic E-state index is 0.272. The second-order valence-electron chi connectivity index (χ2n) is 2.92. The highest BCUT2D eigenvalue weighted by atomic mass is 32.1. The number of thiophene rings is 1. The predicted molar refractivity (Wildman–Crippen MR) is 58.9 cm³/mol. The predicted octanol–water partition coefficient (Wildman–Crippen LogP) is 1.02. The van der Waals surface area contributed by atoms with E-state index in [1.807, 2.05) is 0 Å². The zero-order chi connectivity index (χ0) is 10.2. The van der Waals surface area contributed by atoms with Crippen LogP contribution < -0.4 is 11.1 Å². The summed E-state index contributed by atoms with van der Waals surface area (Å²) in [6.45, 7) is 1.68. The number of amidine groups is 1. The van der Waals surface area contributed by atoms with Crippen LogP contribution in [0.1, 0.15) is 11.3 Å². The van der Waals surface area contributed by atoms with Gasteiger partial charge in [-0.05, 0) is 24.4 Å². The van der Waals surface area contributed by atoms with Crippen LogP contribution in [0.3, 0.4) is 0 Å². The summed E-state index contributed by atoms with van der Waals surface area (Å²) in [5.41, 5.74) is 5.31. The largest absolute Gasteiger partial charge is 0.409 e. The van der Waals surface area contributed by atoms with Crippen LogP contribution in [0.15, 0.2) is 22.7 Å². The summed E-state index contributed by atoms with van der Waals surface area (Å²) in [4.78, 5) is 1.38. The van der Waals surface area contributed by atoms with Gasteiger partial charge in [0.1, 0.15) is 5.84 Å². The fourth-order valence-corrected chi connectivity index (χ4v) is 1.77. The normalized spacial score (nSPS) is 11.9. The van der Waals surface area contributed by atoms with Crippen LogP contribution in [0, 0.1) is 0 Å². The van der Waals surface area contributed by atoms with Gasteiger partial charge in [0.25, 0.3) is 0 Å². The number of hydrogen-bond acceptors (Lipinski definition) is 4. The monoisotopic (exact) mass is 213 g/mol. The van der Waals surface area contributed by atoms with Gasteiger partial charge in [0.05, 0.1) is 0 Å². The third-order valence-corrected chi connectivity index (χ3v) is 2.75. The van der Waals surface area contributed by atoms with Gasteiger partial charge < -0.3 is 16.3 Å². The smallest absolute Gasteiger partial charge is 0.140 e. The van der Waals surface area contributed by atoms with Crippen molar-refractivity contribution in [3.8, 4) is 0 Å². The van der Waals surface area contributed by atoms with E-state index < -0.39 is 0 Å². The maximum Gasteiger partial charge on any atom is 0.140 e. The summed E-state index contributed by atoms with van der Waals surface area (Å²) in [7, 11) is 0. The number of nitrogens with two attached hydrogens (primary N) is 1. The molecule has 0 spiro atoms. The van der Waals surface area contributed by atoms with E-state index in [0.717, 1.165) is 19.5 Å². The Labute approximate surface area is 87.4 Å². The lowest BCUT2D eigenvalue weighted by molar-refractivity contribution is 0.316. The molecular formula is C9H15N3OS. The molecule has 0 aromatic carbocycles. The van der Waals surface area contributed by atoms with Crippen LogP contribution in [-0.4, -0.2) is 24.1 Å². The van der Waals surface area contributed by atoms with Crippen molar-refractivity contribution in [3.05, 3.63) is 22.4 Å². The third-order valence-electron chi connectivity index (χ3n) is 1.81. The molecule has 78 valence electrons. The van der Waals surface area contributed by atoms with Crippen LogP contribution in [0.2, 0.25) is 0 Å². The maximum atomic E-state index is 8.28. The zero-order valence-electron chi connectivity index (χ0n) is 7.94. The van der Waals surface area contributed by atoms with Gasteiger partial charge in [-0.25, -0.2) is 0 Å². The van der Waals surface area contributed by atoms with E-state index in [2.05, 4.69) is 28.0 Å². The van der Waals surface area contributed by atoms with Gasteiger partial charge >= 0.3 is 0 Å². The van der Waals surface area contributed by atoms with Crippen molar-refractivity contribution in [2.24, 2.45) is 10.9 Å². The standard InChI is InChI=1S/C9H15N3OS/c10-9(12-13)4-6-11-5-3-8-2-1-7-14-8/h1-2,7,11,13H,3-6H2,(H2,10,12). The fraction of sp³-hybridized carbons (Fsp3) is 0.444. The molecule has 0 radical (unpaired) electrons. The molecule has 0 fully saturated rings. The zero-order valence-corrected chi connectivity index (χ0v) is 8.76. The molecule has 1 aromatic heterocycles. The van der Waals surface area contributed by atoms with Crippen molar-refractivity contribution in [1.29, 1.82) is 0 Å². The quantitative estimate of drug-likeness (QED) is 0.217. The second-order valence-corrected chi connectivity index (χ2v) is 3.95. The number of nitrogens with zero attached hydrogens (tertiary/aromatic N) is 1. The molecule has 1 rings (SSSR count). The third kappa shape index (κ3) is 4.25. The summed E-state index contributed by atoms with van der Waals surface area (Å²) >= 11 is 1.76. The van der Waals surface area contributed by atoms with Crippen molar-refractivity contribution in [1.82, 2.24) is 5.32 Å². The average Bonchev–Trinajstić information content (AvgIpc) is 2.69. The van der Waals surface area contributed by atoms with Gasteiger partial charge in [-0.2, -0.15) is 0 Å². The summed E-state index contributed by atoms with van der Waals surface area (Å²) < 4.78 is 0. The van der Waals surface area contributed by atoms with E-state index in [0.29, 0.717) is 6.42 Å². The Bertz CT molecular complexity index is 272. The molecule has 4 nitrogen and oxygen atoms in total. The molecule has 0 aliphatic heterocycles. The first-order valence-electron chi connectivity index (χ1n) is 4.52. The first-order chi connectivity index (χ1) is 6.83. The van der Waals surface area contributed by atoms with Crippen molar-refractivity contribution in [3.63, 3.8) is 0 Å².